The van der Waals surface area contributed by atoms with Crippen LogP contribution >= 0.6 is 23.1 Å². The van der Waals surface area contributed by atoms with Crippen molar-refractivity contribution in [1.82, 2.24) is 19.6 Å². The molecule has 0 radical (unpaired) electrons. The summed E-state index contributed by atoms with van der Waals surface area (Å²) in [4.78, 5) is 31.3. The van der Waals surface area contributed by atoms with Crippen LogP contribution in [-0.2, 0) is 10.5 Å². The number of rotatable bonds is 5. The second-order valence-corrected chi connectivity index (χ2v) is 7.46. The number of carbonyl (C=O) groups is 1. The zero-order chi connectivity index (χ0) is 16.2. The van der Waals surface area contributed by atoms with Crippen molar-refractivity contribution in [3.63, 3.8) is 0 Å². The number of thioether (sulfide) groups is 1. The van der Waals surface area contributed by atoms with Crippen LogP contribution in [0.25, 0.3) is 4.96 Å². The van der Waals surface area contributed by atoms with E-state index in [1.54, 1.807) is 12.3 Å². The number of amides is 1. The lowest BCUT2D eigenvalue weighted by Gasteiger charge is -2.32. The van der Waals surface area contributed by atoms with Crippen molar-refractivity contribution in [3.8, 4) is 0 Å². The van der Waals surface area contributed by atoms with Crippen molar-refractivity contribution in [3.05, 3.63) is 33.7 Å². The summed E-state index contributed by atoms with van der Waals surface area (Å²) in [6, 6.07) is 1.95. The van der Waals surface area contributed by atoms with Crippen molar-refractivity contribution in [2.45, 2.75) is 24.6 Å². The maximum atomic E-state index is 12.3. The highest BCUT2D eigenvalue weighted by Crippen LogP contribution is 2.15. The summed E-state index contributed by atoms with van der Waals surface area (Å²) in [5.41, 5.74) is 0.674. The highest BCUT2D eigenvalue weighted by molar-refractivity contribution is 7.99. The number of hydrogen-bond acceptors (Lipinski definition) is 6. The molecule has 2 aromatic rings. The van der Waals surface area contributed by atoms with Crippen LogP contribution in [0.5, 0.6) is 0 Å². The van der Waals surface area contributed by atoms with Crippen LogP contribution in [-0.4, -0.2) is 52.1 Å². The number of nitrogens with zero attached hydrogens (tertiary/aromatic N) is 3. The first kappa shape index (κ1) is 16.5. The molecule has 0 bridgehead atoms. The van der Waals surface area contributed by atoms with Crippen LogP contribution in [0, 0.1) is 0 Å². The first-order valence-electron chi connectivity index (χ1n) is 7.66. The molecule has 1 aliphatic rings. The molecular formula is C15H20N4O2S2. The molecule has 124 valence electrons. The van der Waals surface area contributed by atoms with Gasteiger partial charge >= 0.3 is 0 Å². The molecule has 1 unspecified atom stereocenters. The van der Waals surface area contributed by atoms with E-state index < -0.39 is 0 Å². The molecule has 0 aliphatic carbocycles. The normalized spacial score (nSPS) is 18.5. The first-order chi connectivity index (χ1) is 11.2. The van der Waals surface area contributed by atoms with Crippen LogP contribution < -0.4 is 10.9 Å². The summed E-state index contributed by atoms with van der Waals surface area (Å²) in [6.07, 6.45) is 3.90. The van der Waals surface area contributed by atoms with E-state index in [-0.39, 0.29) is 11.5 Å². The van der Waals surface area contributed by atoms with Gasteiger partial charge in [-0.15, -0.1) is 23.1 Å². The fraction of sp³-hybridized carbons (Fsp3) is 0.533. The molecule has 1 aliphatic heterocycles. The minimum absolute atomic E-state index is 0.0638. The summed E-state index contributed by atoms with van der Waals surface area (Å²) < 4.78 is 1.54. The maximum Gasteiger partial charge on any atom is 0.258 e. The Hall–Kier alpha value is -1.38. The predicted octanol–water partition coefficient (Wildman–Crippen LogP) is 1.20. The first-order valence-corrected chi connectivity index (χ1v) is 9.69. The topological polar surface area (TPSA) is 66.7 Å². The average molecular weight is 352 g/mol. The third kappa shape index (κ3) is 3.94. The van der Waals surface area contributed by atoms with E-state index in [4.69, 9.17) is 0 Å². The number of aromatic nitrogens is 2. The van der Waals surface area contributed by atoms with Gasteiger partial charge in [-0.05, 0) is 19.9 Å². The van der Waals surface area contributed by atoms with Gasteiger partial charge in [-0.1, -0.05) is 0 Å². The molecule has 1 amide bonds. The zero-order valence-corrected chi connectivity index (χ0v) is 14.7. The van der Waals surface area contributed by atoms with Crippen molar-refractivity contribution < 1.29 is 4.79 Å². The standard InChI is InChI=1S/C15H20N4O2S2/c1-16-11-3-2-4-18(8-11)14(21)10-22-9-12-7-13(20)19-5-6-23-15(19)17-12/h5-7,11,16H,2-4,8-10H2,1H3. The number of carbonyl (C=O) groups excluding carboxylic acids is 1. The lowest BCUT2D eigenvalue weighted by Crippen LogP contribution is -2.47. The summed E-state index contributed by atoms with van der Waals surface area (Å²) >= 11 is 2.96. The Kier molecular flexibility index (Phi) is 5.34. The molecule has 1 saturated heterocycles. The Morgan fingerprint density at radius 1 is 1.57 bits per heavy atom. The summed E-state index contributed by atoms with van der Waals surface area (Å²) in [6.45, 7) is 1.63. The van der Waals surface area contributed by atoms with Crippen molar-refractivity contribution >= 4 is 34.0 Å². The molecule has 1 atom stereocenters. The molecule has 3 heterocycles. The Morgan fingerprint density at radius 3 is 3.26 bits per heavy atom. The minimum atomic E-state index is -0.0638. The fourth-order valence-corrected chi connectivity index (χ4v) is 4.29. The number of nitrogens with one attached hydrogen (secondary N) is 1. The van der Waals surface area contributed by atoms with E-state index in [0.717, 1.165) is 31.6 Å². The van der Waals surface area contributed by atoms with Gasteiger partial charge in [0.05, 0.1) is 11.4 Å². The lowest BCUT2D eigenvalue weighted by molar-refractivity contribution is -0.129. The Bertz CT molecular complexity index is 742. The van der Waals surface area contributed by atoms with Crippen molar-refractivity contribution in [1.29, 1.82) is 0 Å². The Balaban J connectivity index is 1.53. The van der Waals surface area contributed by atoms with Gasteiger partial charge in [0.15, 0.2) is 4.96 Å². The molecule has 0 saturated carbocycles. The number of likely N-dealkylation sites (tertiary alicyclic amines) is 1. The predicted molar refractivity (Wildman–Crippen MR) is 94.2 cm³/mol. The van der Waals surface area contributed by atoms with Gasteiger partial charge in [0.25, 0.3) is 5.56 Å². The number of likely N-dealkylation sites (N-methyl/N-ethyl adjacent to an activating group) is 1. The molecule has 0 aromatic carbocycles. The number of hydrogen-bond donors (Lipinski definition) is 1. The van der Waals surface area contributed by atoms with E-state index in [1.807, 2.05) is 17.3 Å². The number of piperidine rings is 1. The second-order valence-electron chi connectivity index (χ2n) is 5.60. The molecule has 23 heavy (non-hydrogen) atoms. The van der Waals surface area contributed by atoms with Crippen LogP contribution in [0.3, 0.4) is 0 Å². The van der Waals surface area contributed by atoms with Crippen LogP contribution in [0.2, 0.25) is 0 Å². The average Bonchev–Trinajstić information content (AvgIpc) is 3.04. The maximum absolute atomic E-state index is 12.3. The van der Waals surface area contributed by atoms with Gasteiger partial charge in [0, 0.05) is 42.5 Å². The fourth-order valence-electron chi connectivity index (χ4n) is 2.74. The van der Waals surface area contributed by atoms with E-state index in [2.05, 4.69) is 10.3 Å². The van der Waals surface area contributed by atoms with Gasteiger partial charge in [-0.2, -0.15) is 0 Å². The smallest absolute Gasteiger partial charge is 0.258 e. The van der Waals surface area contributed by atoms with E-state index in [1.165, 1.54) is 27.5 Å². The number of thiazole rings is 1. The molecule has 8 heteroatoms. The highest BCUT2D eigenvalue weighted by Gasteiger charge is 2.22. The van der Waals surface area contributed by atoms with Gasteiger partial charge < -0.3 is 10.2 Å². The largest absolute Gasteiger partial charge is 0.340 e. The van der Waals surface area contributed by atoms with Crippen molar-refractivity contribution in [2.24, 2.45) is 0 Å². The molecule has 1 N–H and O–H groups in total. The van der Waals surface area contributed by atoms with Gasteiger partial charge in [0.2, 0.25) is 5.91 Å². The Morgan fingerprint density at radius 2 is 2.43 bits per heavy atom. The quantitative estimate of drug-likeness (QED) is 0.876. The molecule has 2 aromatic heterocycles. The van der Waals surface area contributed by atoms with Gasteiger partial charge in [-0.3, -0.25) is 14.0 Å². The van der Waals surface area contributed by atoms with Gasteiger partial charge in [-0.25, -0.2) is 4.98 Å². The van der Waals surface area contributed by atoms with Crippen LogP contribution in [0.15, 0.2) is 22.4 Å². The highest BCUT2D eigenvalue weighted by atomic mass is 32.2. The lowest BCUT2D eigenvalue weighted by atomic mass is 10.1. The SMILES string of the molecule is CNC1CCCN(C(=O)CSCc2cc(=O)n3ccsc3n2)C1. The van der Waals surface area contributed by atoms with Gasteiger partial charge in [0.1, 0.15) is 0 Å². The molecule has 6 nitrogen and oxygen atoms in total. The third-order valence-electron chi connectivity index (χ3n) is 4.01. The minimum Gasteiger partial charge on any atom is -0.340 e. The molecular weight excluding hydrogens is 332 g/mol. The van der Waals surface area contributed by atoms with E-state index in [0.29, 0.717) is 22.5 Å². The van der Waals surface area contributed by atoms with Crippen LogP contribution in [0.1, 0.15) is 18.5 Å². The van der Waals surface area contributed by atoms with E-state index >= 15 is 0 Å². The Labute approximate surface area is 142 Å². The summed E-state index contributed by atoms with van der Waals surface area (Å²) in [5, 5.41) is 5.09. The molecule has 3 rings (SSSR count). The summed E-state index contributed by atoms with van der Waals surface area (Å²) in [5.74, 6) is 1.18. The summed E-state index contributed by atoms with van der Waals surface area (Å²) in [7, 11) is 1.94. The zero-order valence-electron chi connectivity index (χ0n) is 13.0. The molecule has 0 spiro atoms. The second kappa shape index (κ2) is 7.46. The van der Waals surface area contributed by atoms with Crippen LogP contribution in [0.4, 0.5) is 0 Å². The van der Waals surface area contributed by atoms with Crippen molar-refractivity contribution in [2.75, 3.05) is 25.9 Å². The monoisotopic (exact) mass is 352 g/mol. The number of fused-ring (bicyclic) bond motifs is 1. The molecule has 1 fully saturated rings. The van der Waals surface area contributed by atoms with E-state index in [9.17, 15) is 9.59 Å². The third-order valence-corrected chi connectivity index (χ3v) is 5.72.